The average Bonchev–Trinajstić information content (AvgIpc) is 3.06. The molecule has 0 radical (unpaired) electrons. The van der Waals surface area contributed by atoms with Crippen molar-refractivity contribution in [2.45, 2.75) is 63.9 Å². The van der Waals surface area contributed by atoms with Gasteiger partial charge in [0.2, 0.25) is 10.0 Å². The van der Waals surface area contributed by atoms with Gasteiger partial charge in [-0.2, -0.15) is 9.40 Å². The van der Waals surface area contributed by atoms with Crippen LogP contribution >= 0.6 is 0 Å². The molecule has 0 saturated carbocycles. The van der Waals surface area contributed by atoms with Crippen LogP contribution < -0.4 is 5.32 Å². The lowest BCUT2D eigenvalue weighted by Crippen LogP contribution is -2.36. The molecule has 0 aliphatic carbocycles. The number of nitrogens with one attached hydrogen (secondary N) is 2. The molecule has 2 rings (SSSR count). The molecule has 7 heteroatoms. The van der Waals surface area contributed by atoms with Gasteiger partial charge < -0.3 is 5.32 Å². The van der Waals surface area contributed by atoms with Gasteiger partial charge in [0.15, 0.2) is 0 Å². The molecule has 1 aromatic heterocycles. The Labute approximate surface area is 127 Å². The summed E-state index contributed by atoms with van der Waals surface area (Å²) in [5, 5.41) is 10.2. The van der Waals surface area contributed by atoms with E-state index in [9.17, 15) is 8.42 Å². The Kier molecular flexibility index (Phi) is 5.40. The van der Waals surface area contributed by atoms with Crippen molar-refractivity contribution in [3.8, 4) is 0 Å². The summed E-state index contributed by atoms with van der Waals surface area (Å²) >= 11 is 0. The third kappa shape index (κ3) is 3.30. The first-order valence-electron chi connectivity index (χ1n) is 7.78. The van der Waals surface area contributed by atoms with Gasteiger partial charge in [-0.1, -0.05) is 13.8 Å². The SMILES string of the molecule is CCCNCc1n[nH]c(C)c1S(=O)(=O)N1CCCC1CC. The normalized spacial score (nSPS) is 20.2. The predicted molar refractivity (Wildman–Crippen MR) is 82.5 cm³/mol. The molecular weight excluding hydrogens is 288 g/mol. The number of aromatic nitrogens is 2. The Bertz CT molecular complexity index is 568. The number of rotatable bonds is 7. The molecule has 1 aromatic rings. The van der Waals surface area contributed by atoms with Crippen LogP contribution in [0.1, 0.15) is 50.9 Å². The molecule has 1 aliphatic rings. The van der Waals surface area contributed by atoms with Crippen LogP contribution in [0.4, 0.5) is 0 Å². The summed E-state index contributed by atoms with van der Waals surface area (Å²) in [6.45, 7) is 7.86. The summed E-state index contributed by atoms with van der Waals surface area (Å²) in [5.41, 5.74) is 1.23. The maximum Gasteiger partial charge on any atom is 0.247 e. The van der Waals surface area contributed by atoms with Crippen molar-refractivity contribution < 1.29 is 8.42 Å². The molecule has 1 saturated heterocycles. The Morgan fingerprint density at radius 3 is 2.86 bits per heavy atom. The fraction of sp³-hybridized carbons (Fsp3) is 0.786. The van der Waals surface area contributed by atoms with E-state index in [1.807, 2.05) is 6.92 Å². The second-order valence-corrected chi connectivity index (χ2v) is 7.45. The van der Waals surface area contributed by atoms with Gasteiger partial charge in [0, 0.05) is 19.1 Å². The lowest BCUT2D eigenvalue weighted by molar-refractivity contribution is 0.379. The quantitative estimate of drug-likeness (QED) is 0.752. The average molecular weight is 314 g/mol. The van der Waals surface area contributed by atoms with E-state index in [4.69, 9.17) is 0 Å². The largest absolute Gasteiger partial charge is 0.311 e. The van der Waals surface area contributed by atoms with Crippen molar-refractivity contribution >= 4 is 10.0 Å². The molecule has 2 heterocycles. The van der Waals surface area contributed by atoms with Gasteiger partial charge in [-0.25, -0.2) is 8.42 Å². The van der Waals surface area contributed by atoms with Gasteiger partial charge in [0.05, 0.1) is 11.4 Å². The van der Waals surface area contributed by atoms with Gasteiger partial charge in [-0.05, 0) is 39.2 Å². The van der Waals surface area contributed by atoms with Crippen molar-refractivity contribution in [1.82, 2.24) is 19.8 Å². The van der Waals surface area contributed by atoms with E-state index in [2.05, 4.69) is 22.4 Å². The number of hydrogen-bond donors (Lipinski definition) is 2. The summed E-state index contributed by atoms with van der Waals surface area (Å²) in [6.07, 6.45) is 3.77. The summed E-state index contributed by atoms with van der Waals surface area (Å²) < 4.78 is 27.6. The van der Waals surface area contributed by atoms with E-state index >= 15 is 0 Å². The Morgan fingerprint density at radius 2 is 2.19 bits per heavy atom. The number of aryl methyl sites for hydroxylation is 1. The van der Waals surface area contributed by atoms with E-state index in [-0.39, 0.29) is 6.04 Å². The highest BCUT2D eigenvalue weighted by molar-refractivity contribution is 7.89. The predicted octanol–water partition coefficient (Wildman–Crippen LogP) is 1.78. The summed E-state index contributed by atoms with van der Waals surface area (Å²) in [5.74, 6) is 0. The van der Waals surface area contributed by atoms with Crippen LogP contribution in [-0.2, 0) is 16.6 Å². The molecule has 0 spiro atoms. The molecule has 1 fully saturated rings. The maximum atomic E-state index is 13.0. The van der Waals surface area contributed by atoms with Gasteiger partial charge in [-0.15, -0.1) is 0 Å². The Morgan fingerprint density at radius 1 is 1.43 bits per heavy atom. The monoisotopic (exact) mass is 314 g/mol. The summed E-state index contributed by atoms with van der Waals surface area (Å²) in [4.78, 5) is 0.367. The van der Waals surface area contributed by atoms with Crippen LogP contribution in [0.5, 0.6) is 0 Å². The minimum atomic E-state index is -3.46. The minimum absolute atomic E-state index is 0.126. The first kappa shape index (κ1) is 16.5. The zero-order valence-electron chi connectivity index (χ0n) is 13.1. The molecule has 120 valence electrons. The Balaban J connectivity index is 2.29. The number of H-pyrrole nitrogens is 1. The van der Waals surface area contributed by atoms with Crippen LogP contribution in [0.2, 0.25) is 0 Å². The van der Waals surface area contributed by atoms with E-state index < -0.39 is 10.0 Å². The number of sulfonamides is 1. The highest BCUT2D eigenvalue weighted by Crippen LogP contribution is 2.30. The van der Waals surface area contributed by atoms with Crippen molar-refractivity contribution in [1.29, 1.82) is 0 Å². The molecule has 0 bridgehead atoms. The summed E-state index contributed by atoms with van der Waals surface area (Å²) in [7, 11) is -3.46. The fourth-order valence-corrected chi connectivity index (χ4v) is 5.06. The van der Waals surface area contributed by atoms with Crippen molar-refractivity contribution in [3.63, 3.8) is 0 Å². The highest BCUT2D eigenvalue weighted by Gasteiger charge is 2.37. The van der Waals surface area contributed by atoms with E-state index in [0.29, 0.717) is 29.4 Å². The van der Waals surface area contributed by atoms with Gasteiger partial charge in [0.25, 0.3) is 0 Å². The fourth-order valence-electron chi connectivity index (χ4n) is 2.97. The topological polar surface area (TPSA) is 78.1 Å². The van der Waals surface area contributed by atoms with Crippen molar-refractivity contribution in [2.24, 2.45) is 0 Å². The molecule has 6 nitrogen and oxygen atoms in total. The first-order valence-corrected chi connectivity index (χ1v) is 9.22. The molecular formula is C14H26N4O2S. The molecule has 2 N–H and O–H groups in total. The third-order valence-corrected chi connectivity index (χ3v) is 6.20. The minimum Gasteiger partial charge on any atom is -0.311 e. The molecule has 1 aliphatic heterocycles. The first-order chi connectivity index (χ1) is 10.0. The van der Waals surface area contributed by atoms with Crippen molar-refractivity contribution in [3.05, 3.63) is 11.4 Å². The lowest BCUT2D eigenvalue weighted by atomic mass is 10.2. The van der Waals surface area contributed by atoms with Gasteiger partial charge in [0.1, 0.15) is 4.90 Å². The number of aromatic amines is 1. The van der Waals surface area contributed by atoms with Crippen molar-refractivity contribution in [2.75, 3.05) is 13.1 Å². The smallest absolute Gasteiger partial charge is 0.247 e. The van der Waals surface area contributed by atoms with E-state index in [1.165, 1.54) is 0 Å². The van der Waals surface area contributed by atoms with Crippen LogP contribution in [0.15, 0.2) is 4.90 Å². The third-order valence-electron chi connectivity index (χ3n) is 4.04. The lowest BCUT2D eigenvalue weighted by Gasteiger charge is -2.23. The van der Waals surface area contributed by atoms with Gasteiger partial charge in [-0.3, -0.25) is 5.10 Å². The zero-order valence-corrected chi connectivity index (χ0v) is 14.0. The van der Waals surface area contributed by atoms with Crippen LogP contribution in [-0.4, -0.2) is 42.1 Å². The molecule has 21 heavy (non-hydrogen) atoms. The number of nitrogens with zero attached hydrogens (tertiary/aromatic N) is 2. The van der Waals surface area contributed by atoms with E-state index in [1.54, 1.807) is 11.2 Å². The number of hydrogen-bond acceptors (Lipinski definition) is 4. The van der Waals surface area contributed by atoms with Crippen LogP contribution in [0.25, 0.3) is 0 Å². The Hall–Kier alpha value is -0.920. The van der Waals surface area contributed by atoms with Crippen LogP contribution in [0.3, 0.4) is 0 Å². The molecule has 1 unspecified atom stereocenters. The molecule has 0 aromatic carbocycles. The van der Waals surface area contributed by atoms with E-state index in [0.717, 1.165) is 32.2 Å². The second-order valence-electron chi connectivity index (χ2n) is 5.62. The molecule has 0 amide bonds. The zero-order chi connectivity index (χ0) is 15.5. The standard InChI is InChI=1S/C14H26N4O2S/c1-4-8-15-10-13-14(11(3)16-17-13)21(19,20)18-9-6-7-12(18)5-2/h12,15H,4-10H2,1-3H3,(H,16,17). The maximum absolute atomic E-state index is 13.0. The van der Waals surface area contributed by atoms with Gasteiger partial charge >= 0.3 is 0 Å². The highest BCUT2D eigenvalue weighted by atomic mass is 32.2. The second kappa shape index (κ2) is 6.89. The molecule has 1 atom stereocenters. The summed E-state index contributed by atoms with van der Waals surface area (Å²) in [6, 6.07) is 0.126. The van der Waals surface area contributed by atoms with Crippen LogP contribution in [0, 0.1) is 6.92 Å².